The second kappa shape index (κ2) is 6.85. The maximum absolute atomic E-state index is 12.3. The molecule has 0 fully saturated rings. The number of benzene rings is 2. The largest absolute Gasteiger partial charge is 0.508 e. The number of anilines is 2. The van der Waals surface area contributed by atoms with Gasteiger partial charge in [0.1, 0.15) is 11.5 Å². The van der Waals surface area contributed by atoms with Crippen molar-refractivity contribution < 1.29 is 14.6 Å². The fraction of sp³-hybridized carbons (Fsp3) is 0.235. The first kappa shape index (κ1) is 15.7. The lowest BCUT2D eigenvalue weighted by atomic mass is 10.1. The van der Waals surface area contributed by atoms with Gasteiger partial charge in [-0.05, 0) is 55.3 Å². The van der Waals surface area contributed by atoms with Gasteiger partial charge < -0.3 is 20.9 Å². The van der Waals surface area contributed by atoms with Crippen molar-refractivity contribution in [3.05, 3.63) is 47.5 Å². The van der Waals surface area contributed by atoms with Gasteiger partial charge in [0, 0.05) is 11.3 Å². The van der Waals surface area contributed by atoms with Crippen molar-refractivity contribution in [2.24, 2.45) is 0 Å². The number of aromatic hydroxyl groups is 1. The minimum absolute atomic E-state index is 0.164. The Labute approximate surface area is 129 Å². The van der Waals surface area contributed by atoms with Gasteiger partial charge in [-0.3, -0.25) is 4.79 Å². The van der Waals surface area contributed by atoms with Crippen LogP contribution in [0.4, 0.5) is 11.4 Å². The second-order valence-corrected chi connectivity index (χ2v) is 5.05. The van der Waals surface area contributed by atoms with Gasteiger partial charge in [-0.2, -0.15) is 0 Å². The van der Waals surface area contributed by atoms with Crippen LogP contribution < -0.4 is 15.8 Å². The summed E-state index contributed by atoms with van der Waals surface area (Å²) in [7, 11) is 0. The molecular weight excluding hydrogens is 280 g/mol. The standard InChI is InChI=1S/C17H20N2O3/c1-3-8-22-16-7-4-12(10-14(16)18)17(21)19-15-6-5-13(20)9-11(15)2/h4-7,9-10,20H,3,8,18H2,1-2H3,(H,19,21). The Morgan fingerprint density at radius 1 is 1.27 bits per heavy atom. The Morgan fingerprint density at radius 3 is 2.68 bits per heavy atom. The highest BCUT2D eigenvalue weighted by Gasteiger charge is 2.10. The van der Waals surface area contributed by atoms with Crippen LogP contribution in [0.5, 0.6) is 11.5 Å². The van der Waals surface area contributed by atoms with Gasteiger partial charge in [-0.25, -0.2) is 0 Å². The number of hydrogen-bond acceptors (Lipinski definition) is 4. The van der Waals surface area contributed by atoms with E-state index in [1.54, 1.807) is 30.3 Å². The quantitative estimate of drug-likeness (QED) is 0.584. The molecule has 5 nitrogen and oxygen atoms in total. The highest BCUT2D eigenvalue weighted by Crippen LogP contribution is 2.24. The average Bonchev–Trinajstić information content (AvgIpc) is 2.48. The number of phenolic OH excluding ortho intramolecular Hbond substituents is 1. The predicted molar refractivity (Wildman–Crippen MR) is 87.4 cm³/mol. The topological polar surface area (TPSA) is 84.6 Å². The number of nitrogens with one attached hydrogen (secondary N) is 1. The van der Waals surface area contributed by atoms with E-state index in [1.807, 2.05) is 13.8 Å². The van der Waals surface area contributed by atoms with Crippen LogP contribution in [-0.2, 0) is 0 Å². The normalized spacial score (nSPS) is 10.3. The number of amides is 1. The van der Waals surface area contributed by atoms with Crippen molar-refractivity contribution in [1.29, 1.82) is 0 Å². The van der Waals surface area contributed by atoms with Crippen LogP contribution in [0.2, 0.25) is 0 Å². The highest BCUT2D eigenvalue weighted by molar-refractivity contribution is 6.05. The number of phenols is 1. The summed E-state index contributed by atoms with van der Waals surface area (Å²) in [6.45, 7) is 4.41. The predicted octanol–water partition coefficient (Wildman–Crippen LogP) is 3.32. The van der Waals surface area contributed by atoms with Crippen molar-refractivity contribution in [2.75, 3.05) is 17.7 Å². The molecule has 0 aromatic heterocycles. The molecule has 0 saturated carbocycles. The number of carbonyl (C=O) groups excluding carboxylic acids is 1. The Balaban J connectivity index is 2.14. The molecule has 0 aliphatic heterocycles. The molecule has 0 saturated heterocycles. The van der Waals surface area contributed by atoms with E-state index in [0.717, 1.165) is 12.0 Å². The monoisotopic (exact) mass is 300 g/mol. The van der Waals surface area contributed by atoms with Crippen LogP contribution in [0.15, 0.2) is 36.4 Å². The fourth-order valence-corrected chi connectivity index (χ4v) is 2.02. The summed E-state index contributed by atoms with van der Waals surface area (Å²) >= 11 is 0. The summed E-state index contributed by atoms with van der Waals surface area (Å²) in [6, 6.07) is 9.74. The zero-order valence-corrected chi connectivity index (χ0v) is 12.7. The molecule has 4 N–H and O–H groups in total. The van der Waals surface area contributed by atoms with Gasteiger partial charge in [0.05, 0.1) is 12.3 Å². The van der Waals surface area contributed by atoms with E-state index in [2.05, 4.69) is 5.32 Å². The molecule has 1 amide bonds. The van der Waals surface area contributed by atoms with E-state index in [4.69, 9.17) is 10.5 Å². The summed E-state index contributed by atoms with van der Waals surface area (Å²) in [4.78, 5) is 12.3. The average molecular weight is 300 g/mol. The Bertz CT molecular complexity index is 684. The van der Waals surface area contributed by atoms with Gasteiger partial charge in [0.15, 0.2) is 0 Å². The van der Waals surface area contributed by atoms with Gasteiger partial charge in [-0.1, -0.05) is 6.92 Å². The van der Waals surface area contributed by atoms with E-state index in [0.29, 0.717) is 29.3 Å². The molecule has 22 heavy (non-hydrogen) atoms. The maximum Gasteiger partial charge on any atom is 0.255 e. The van der Waals surface area contributed by atoms with E-state index in [9.17, 15) is 9.90 Å². The molecule has 0 atom stereocenters. The van der Waals surface area contributed by atoms with Crippen LogP contribution >= 0.6 is 0 Å². The highest BCUT2D eigenvalue weighted by atomic mass is 16.5. The molecule has 0 heterocycles. The van der Waals surface area contributed by atoms with Crippen molar-refractivity contribution >= 4 is 17.3 Å². The smallest absolute Gasteiger partial charge is 0.255 e. The zero-order valence-electron chi connectivity index (χ0n) is 12.7. The van der Waals surface area contributed by atoms with Gasteiger partial charge in [0.2, 0.25) is 0 Å². The molecule has 0 bridgehead atoms. The molecule has 116 valence electrons. The van der Waals surface area contributed by atoms with Crippen LogP contribution in [0, 0.1) is 6.92 Å². The zero-order chi connectivity index (χ0) is 16.1. The minimum atomic E-state index is -0.262. The number of rotatable bonds is 5. The number of nitrogen functional groups attached to an aromatic ring is 1. The van der Waals surface area contributed by atoms with Crippen LogP contribution in [0.1, 0.15) is 29.3 Å². The molecule has 0 aliphatic rings. The first-order valence-electron chi connectivity index (χ1n) is 7.14. The number of aryl methyl sites for hydroxylation is 1. The number of nitrogens with two attached hydrogens (primary N) is 1. The summed E-state index contributed by atoms with van der Waals surface area (Å²) < 4.78 is 5.49. The lowest BCUT2D eigenvalue weighted by Crippen LogP contribution is -2.13. The van der Waals surface area contributed by atoms with E-state index < -0.39 is 0 Å². The van der Waals surface area contributed by atoms with Gasteiger partial charge in [-0.15, -0.1) is 0 Å². The van der Waals surface area contributed by atoms with E-state index >= 15 is 0 Å². The third kappa shape index (κ3) is 3.69. The molecule has 0 radical (unpaired) electrons. The van der Waals surface area contributed by atoms with E-state index in [1.165, 1.54) is 6.07 Å². The van der Waals surface area contributed by atoms with Crippen LogP contribution in [0.25, 0.3) is 0 Å². The molecule has 0 aliphatic carbocycles. The molecular formula is C17H20N2O3. The van der Waals surface area contributed by atoms with Crippen LogP contribution in [-0.4, -0.2) is 17.6 Å². The molecule has 5 heteroatoms. The third-order valence-electron chi connectivity index (χ3n) is 3.19. The number of hydrogen-bond donors (Lipinski definition) is 3. The summed E-state index contributed by atoms with van der Waals surface area (Å²) in [5, 5.41) is 12.2. The molecule has 0 unspecified atom stereocenters. The van der Waals surface area contributed by atoms with Crippen molar-refractivity contribution in [1.82, 2.24) is 0 Å². The summed E-state index contributed by atoms with van der Waals surface area (Å²) in [5.74, 6) is 0.485. The first-order valence-corrected chi connectivity index (χ1v) is 7.14. The molecule has 0 spiro atoms. The fourth-order valence-electron chi connectivity index (χ4n) is 2.02. The summed E-state index contributed by atoms with van der Waals surface area (Å²) in [6.07, 6.45) is 0.891. The lowest BCUT2D eigenvalue weighted by Gasteiger charge is -2.11. The molecule has 2 aromatic rings. The van der Waals surface area contributed by atoms with Crippen molar-refractivity contribution in [3.8, 4) is 11.5 Å². The number of carbonyl (C=O) groups is 1. The molecule has 2 rings (SSSR count). The van der Waals surface area contributed by atoms with Crippen molar-refractivity contribution in [2.45, 2.75) is 20.3 Å². The minimum Gasteiger partial charge on any atom is -0.508 e. The Hall–Kier alpha value is -2.69. The maximum atomic E-state index is 12.3. The SMILES string of the molecule is CCCOc1ccc(C(=O)Nc2ccc(O)cc2C)cc1N. The first-order chi connectivity index (χ1) is 10.5. The molecule has 2 aromatic carbocycles. The summed E-state index contributed by atoms with van der Waals surface area (Å²) in [5.41, 5.74) is 8.22. The Morgan fingerprint density at radius 2 is 2.05 bits per heavy atom. The second-order valence-electron chi connectivity index (χ2n) is 5.05. The Kier molecular flexibility index (Phi) is 4.88. The van der Waals surface area contributed by atoms with E-state index in [-0.39, 0.29) is 11.7 Å². The lowest BCUT2D eigenvalue weighted by molar-refractivity contribution is 0.102. The third-order valence-corrected chi connectivity index (χ3v) is 3.19. The van der Waals surface area contributed by atoms with Crippen LogP contribution in [0.3, 0.4) is 0 Å². The van der Waals surface area contributed by atoms with Gasteiger partial charge in [0.25, 0.3) is 5.91 Å². The number of ether oxygens (including phenoxy) is 1. The van der Waals surface area contributed by atoms with Crippen molar-refractivity contribution in [3.63, 3.8) is 0 Å². The van der Waals surface area contributed by atoms with Gasteiger partial charge >= 0.3 is 0 Å².